The van der Waals surface area contributed by atoms with E-state index in [1.54, 1.807) is 36.4 Å². The number of carboxylic acids is 1. The number of alkyl halides is 2. The summed E-state index contributed by atoms with van der Waals surface area (Å²) >= 11 is 9.70. The van der Waals surface area contributed by atoms with Gasteiger partial charge in [0.1, 0.15) is 5.54 Å². The third kappa shape index (κ3) is 3.27. The number of aliphatic carboxylic acids is 1. The molecular formula is C22H17BrClF2NO4. The smallest absolute Gasteiger partial charge is 0.480 e. The molecule has 1 aliphatic heterocycles. The standard InChI is InChI=1S/C22H17BrClF2NO4/c23-18-9-12-8-16-17(31-22(25,26)30-16)11-15(12)20(18)4-6-21(7-5-20,19(28)29)27-14-3-1-2-13(24)10-14/h1-3,8-11,27H,4-7H2,(H,28,29). The van der Waals surface area contributed by atoms with Gasteiger partial charge in [0.25, 0.3) is 0 Å². The number of rotatable bonds is 3. The predicted molar refractivity (Wildman–Crippen MR) is 115 cm³/mol. The van der Waals surface area contributed by atoms with Crippen molar-refractivity contribution in [3.05, 3.63) is 57.0 Å². The molecule has 5 rings (SSSR count). The molecule has 1 fully saturated rings. The lowest BCUT2D eigenvalue weighted by Crippen LogP contribution is -2.52. The van der Waals surface area contributed by atoms with Crippen molar-refractivity contribution in [2.24, 2.45) is 0 Å². The lowest BCUT2D eigenvalue weighted by atomic mass is 9.65. The van der Waals surface area contributed by atoms with Crippen LogP contribution in [0.4, 0.5) is 14.5 Å². The van der Waals surface area contributed by atoms with E-state index in [0.29, 0.717) is 36.4 Å². The van der Waals surface area contributed by atoms with E-state index in [0.717, 1.165) is 15.6 Å². The SMILES string of the molecule is O=C(O)C1(Nc2cccc(Cl)c2)CCC2(CC1)C(Br)=Cc1cc3c(cc12)OC(F)(F)O3. The van der Waals surface area contributed by atoms with Crippen molar-refractivity contribution in [3.63, 3.8) is 0 Å². The molecule has 2 N–H and O–H groups in total. The maximum Gasteiger partial charge on any atom is 0.586 e. The summed E-state index contributed by atoms with van der Waals surface area (Å²) in [6.07, 6.45) is -0.116. The van der Waals surface area contributed by atoms with Gasteiger partial charge in [0, 0.05) is 20.6 Å². The Labute approximate surface area is 190 Å². The van der Waals surface area contributed by atoms with E-state index in [-0.39, 0.29) is 11.5 Å². The van der Waals surface area contributed by atoms with Gasteiger partial charge in [-0.25, -0.2) is 4.79 Å². The number of benzene rings is 2. The Morgan fingerprint density at radius 3 is 2.42 bits per heavy atom. The zero-order valence-electron chi connectivity index (χ0n) is 16.1. The van der Waals surface area contributed by atoms with Crippen LogP contribution in [-0.4, -0.2) is 22.9 Å². The third-order valence-corrected chi connectivity index (χ3v) is 7.63. The van der Waals surface area contributed by atoms with Crippen LogP contribution in [0.1, 0.15) is 36.8 Å². The minimum Gasteiger partial charge on any atom is -0.480 e. The molecule has 0 radical (unpaired) electrons. The van der Waals surface area contributed by atoms with Gasteiger partial charge in [-0.3, -0.25) is 0 Å². The zero-order chi connectivity index (χ0) is 22.0. The molecule has 5 nitrogen and oxygen atoms in total. The minimum absolute atomic E-state index is 0.00401. The van der Waals surface area contributed by atoms with Crippen LogP contribution in [0.3, 0.4) is 0 Å². The van der Waals surface area contributed by atoms with E-state index in [1.165, 1.54) is 0 Å². The number of carboxylic acid groups (broad SMARTS) is 1. The number of nitrogens with one attached hydrogen (secondary N) is 1. The molecule has 0 saturated heterocycles. The molecule has 1 saturated carbocycles. The van der Waals surface area contributed by atoms with Gasteiger partial charge >= 0.3 is 12.3 Å². The molecule has 1 heterocycles. The molecule has 0 aromatic heterocycles. The van der Waals surface area contributed by atoms with Crippen LogP contribution in [0.5, 0.6) is 11.5 Å². The Morgan fingerprint density at radius 1 is 1.10 bits per heavy atom. The van der Waals surface area contributed by atoms with E-state index in [4.69, 9.17) is 11.6 Å². The Morgan fingerprint density at radius 2 is 1.77 bits per heavy atom. The molecule has 0 atom stereocenters. The minimum atomic E-state index is -3.68. The van der Waals surface area contributed by atoms with E-state index >= 15 is 0 Å². The summed E-state index contributed by atoms with van der Waals surface area (Å²) in [6.45, 7) is 0. The number of anilines is 1. The highest BCUT2D eigenvalue weighted by atomic mass is 79.9. The molecule has 31 heavy (non-hydrogen) atoms. The van der Waals surface area contributed by atoms with E-state index in [9.17, 15) is 18.7 Å². The largest absolute Gasteiger partial charge is 0.586 e. The Balaban J connectivity index is 1.46. The first kappa shape index (κ1) is 20.6. The first-order valence-corrected chi connectivity index (χ1v) is 10.9. The zero-order valence-corrected chi connectivity index (χ0v) is 18.4. The van der Waals surface area contributed by atoms with Crippen LogP contribution in [-0.2, 0) is 10.2 Å². The van der Waals surface area contributed by atoms with Gasteiger partial charge in [0.15, 0.2) is 11.5 Å². The second-order valence-electron chi connectivity index (χ2n) is 8.15. The van der Waals surface area contributed by atoms with Crippen molar-refractivity contribution in [3.8, 4) is 11.5 Å². The molecule has 3 aliphatic rings. The van der Waals surface area contributed by atoms with Crippen LogP contribution in [0.15, 0.2) is 40.9 Å². The maximum absolute atomic E-state index is 13.5. The van der Waals surface area contributed by atoms with Crippen LogP contribution >= 0.6 is 27.5 Å². The third-order valence-electron chi connectivity index (χ3n) is 6.40. The van der Waals surface area contributed by atoms with Crippen LogP contribution in [0, 0.1) is 0 Å². The van der Waals surface area contributed by atoms with Gasteiger partial charge in [-0.2, -0.15) is 0 Å². The van der Waals surface area contributed by atoms with Crippen molar-refractivity contribution in [1.82, 2.24) is 0 Å². The molecule has 2 aromatic carbocycles. The first-order valence-electron chi connectivity index (χ1n) is 9.72. The van der Waals surface area contributed by atoms with E-state index < -0.39 is 23.2 Å². The quantitative estimate of drug-likeness (QED) is 0.516. The molecule has 0 unspecified atom stereocenters. The van der Waals surface area contributed by atoms with Crippen molar-refractivity contribution in [2.45, 2.75) is 42.9 Å². The Kier molecular flexibility index (Phi) is 4.54. The molecule has 0 amide bonds. The van der Waals surface area contributed by atoms with Crippen molar-refractivity contribution in [1.29, 1.82) is 0 Å². The highest BCUT2D eigenvalue weighted by molar-refractivity contribution is 9.11. The maximum atomic E-state index is 13.5. The van der Waals surface area contributed by atoms with Crippen LogP contribution in [0.25, 0.3) is 6.08 Å². The van der Waals surface area contributed by atoms with E-state index in [1.807, 2.05) is 6.08 Å². The fourth-order valence-electron chi connectivity index (χ4n) is 4.80. The van der Waals surface area contributed by atoms with Crippen molar-refractivity contribution in [2.75, 3.05) is 5.32 Å². The summed E-state index contributed by atoms with van der Waals surface area (Å²) < 4.78 is 37.1. The Bertz CT molecular complexity index is 1130. The monoisotopic (exact) mass is 511 g/mol. The summed E-state index contributed by atoms with van der Waals surface area (Å²) in [4.78, 5) is 12.3. The highest BCUT2D eigenvalue weighted by Crippen LogP contribution is 2.58. The topological polar surface area (TPSA) is 67.8 Å². The number of allylic oxidation sites excluding steroid dienone is 1. The van der Waals surface area contributed by atoms with Gasteiger partial charge in [-0.1, -0.05) is 33.6 Å². The summed E-state index contributed by atoms with van der Waals surface area (Å²) in [5.41, 5.74) is 0.576. The van der Waals surface area contributed by atoms with Gasteiger partial charge in [0.2, 0.25) is 0 Å². The Hall–Kier alpha value is -2.32. The predicted octanol–water partition coefficient (Wildman–Crippen LogP) is 6.16. The summed E-state index contributed by atoms with van der Waals surface area (Å²) in [7, 11) is 0. The highest BCUT2D eigenvalue weighted by Gasteiger charge is 2.52. The molecule has 162 valence electrons. The number of carbonyl (C=O) groups is 1. The average Bonchev–Trinajstić information content (AvgIpc) is 3.13. The van der Waals surface area contributed by atoms with E-state index in [2.05, 4.69) is 30.7 Å². The summed E-state index contributed by atoms with van der Waals surface area (Å²) in [5.74, 6) is -0.951. The van der Waals surface area contributed by atoms with Gasteiger partial charge in [-0.05, 0) is 73.2 Å². The normalized spacial score (nSPS) is 27.7. The number of ether oxygens (including phenoxy) is 2. The van der Waals surface area contributed by atoms with Crippen molar-refractivity contribution < 1.29 is 28.2 Å². The average molecular weight is 513 g/mol. The first-order chi connectivity index (χ1) is 14.6. The van der Waals surface area contributed by atoms with Gasteiger partial charge in [0.05, 0.1) is 0 Å². The molecular weight excluding hydrogens is 496 g/mol. The van der Waals surface area contributed by atoms with Gasteiger partial charge < -0.3 is 19.9 Å². The van der Waals surface area contributed by atoms with Crippen molar-refractivity contribution >= 4 is 45.3 Å². The van der Waals surface area contributed by atoms with Gasteiger partial charge in [-0.15, -0.1) is 8.78 Å². The molecule has 0 bridgehead atoms. The molecule has 9 heteroatoms. The fraction of sp³-hybridized carbons (Fsp3) is 0.318. The molecule has 2 aliphatic carbocycles. The number of fused-ring (bicyclic) bond motifs is 3. The lowest BCUT2D eigenvalue weighted by Gasteiger charge is -2.44. The molecule has 1 spiro atoms. The number of hydrogen-bond acceptors (Lipinski definition) is 4. The second kappa shape index (κ2) is 6.84. The van der Waals surface area contributed by atoms with Crippen LogP contribution in [0.2, 0.25) is 5.02 Å². The second-order valence-corrected chi connectivity index (χ2v) is 9.44. The van der Waals surface area contributed by atoms with Crippen LogP contribution < -0.4 is 14.8 Å². The number of hydrogen-bond donors (Lipinski definition) is 2. The summed E-state index contributed by atoms with van der Waals surface area (Å²) in [6, 6.07) is 10.1. The fourth-order valence-corrected chi connectivity index (χ4v) is 5.84. The lowest BCUT2D eigenvalue weighted by molar-refractivity contribution is -0.286. The molecule has 2 aromatic rings. The number of halogens is 4. The summed E-state index contributed by atoms with van der Waals surface area (Å²) in [5, 5.41) is 13.7.